The van der Waals surface area contributed by atoms with Crippen LogP contribution >= 0.6 is 11.3 Å². The lowest BCUT2D eigenvalue weighted by molar-refractivity contribution is 0.112. The molecule has 0 aromatic carbocycles. The Bertz CT molecular complexity index is 301. The van der Waals surface area contributed by atoms with Gasteiger partial charge in [-0.3, -0.25) is 4.79 Å². The molecule has 1 heterocycles. The molecule has 0 fully saturated rings. The minimum absolute atomic E-state index is 0.255. The molecule has 1 rings (SSSR count). The van der Waals surface area contributed by atoms with Crippen LogP contribution in [0.4, 0.5) is 5.13 Å². The topological polar surface area (TPSA) is 42.4 Å². The molecule has 0 N–H and O–H groups in total. The highest BCUT2D eigenvalue weighted by molar-refractivity contribution is 7.17. The summed E-state index contributed by atoms with van der Waals surface area (Å²) in [6.07, 6.45) is 2.40. The monoisotopic (exact) mass is 214 g/mol. The highest BCUT2D eigenvalue weighted by atomic mass is 32.1. The number of ether oxygens (including phenoxy) is 1. The highest BCUT2D eigenvalue weighted by Gasteiger charge is 2.12. The summed E-state index contributed by atoms with van der Waals surface area (Å²) in [5.41, 5.74) is 0. The third-order valence-electron chi connectivity index (χ3n) is 2.00. The Morgan fingerprint density at radius 2 is 2.50 bits per heavy atom. The molecule has 0 aliphatic rings. The summed E-state index contributed by atoms with van der Waals surface area (Å²) in [6.45, 7) is 2.69. The fraction of sp³-hybridized carbons (Fsp3) is 0.556. The van der Waals surface area contributed by atoms with E-state index in [9.17, 15) is 4.79 Å². The Kier molecular flexibility index (Phi) is 4.03. The predicted octanol–water partition coefficient (Wildman–Crippen LogP) is 1.43. The number of carbonyl (C=O) groups is 1. The van der Waals surface area contributed by atoms with E-state index in [4.69, 9.17) is 4.74 Å². The lowest BCUT2D eigenvalue weighted by Crippen LogP contribution is -2.32. The van der Waals surface area contributed by atoms with Gasteiger partial charge in [-0.25, -0.2) is 4.98 Å². The van der Waals surface area contributed by atoms with Crippen molar-refractivity contribution in [2.24, 2.45) is 0 Å². The average Bonchev–Trinajstić information content (AvgIpc) is 2.65. The molecule has 0 aliphatic carbocycles. The van der Waals surface area contributed by atoms with Crippen LogP contribution in [0.5, 0.6) is 0 Å². The van der Waals surface area contributed by atoms with E-state index in [2.05, 4.69) is 4.98 Å². The molecule has 1 aromatic rings. The maximum absolute atomic E-state index is 10.5. The minimum atomic E-state index is 0.255. The molecule has 78 valence electrons. The molecule has 1 aromatic heterocycles. The van der Waals surface area contributed by atoms with E-state index in [1.165, 1.54) is 11.3 Å². The van der Waals surface area contributed by atoms with Crippen LogP contribution in [0.1, 0.15) is 16.6 Å². The van der Waals surface area contributed by atoms with Crippen LogP contribution in [0.15, 0.2) is 6.20 Å². The number of hydrogen-bond acceptors (Lipinski definition) is 5. The molecule has 4 nitrogen and oxygen atoms in total. The number of nitrogens with zero attached hydrogens (tertiary/aromatic N) is 2. The van der Waals surface area contributed by atoms with Crippen molar-refractivity contribution in [3.63, 3.8) is 0 Å². The van der Waals surface area contributed by atoms with Crippen molar-refractivity contribution in [3.8, 4) is 0 Å². The van der Waals surface area contributed by atoms with Crippen molar-refractivity contribution in [2.75, 3.05) is 25.7 Å². The highest BCUT2D eigenvalue weighted by Crippen LogP contribution is 2.21. The Morgan fingerprint density at radius 1 is 1.79 bits per heavy atom. The Balaban J connectivity index is 2.67. The number of aldehydes is 1. The number of anilines is 1. The molecule has 0 amide bonds. The average molecular weight is 214 g/mol. The van der Waals surface area contributed by atoms with Crippen LogP contribution in [0.3, 0.4) is 0 Å². The second kappa shape index (κ2) is 5.07. The first-order chi connectivity index (χ1) is 6.69. The second-order valence-corrected chi connectivity index (χ2v) is 4.12. The quantitative estimate of drug-likeness (QED) is 0.695. The molecule has 0 saturated carbocycles. The van der Waals surface area contributed by atoms with Crippen LogP contribution in [-0.2, 0) is 4.74 Å². The number of thiazole rings is 1. The van der Waals surface area contributed by atoms with Crippen molar-refractivity contribution in [1.82, 2.24) is 4.98 Å². The van der Waals surface area contributed by atoms with Crippen molar-refractivity contribution in [2.45, 2.75) is 13.0 Å². The SMILES string of the molecule is COCC(C)N(C)c1ncc(C=O)s1. The molecular weight excluding hydrogens is 200 g/mol. The maximum Gasteiger partial charge on any atom is 0.185 e. The third kappa shape index (κ3) is 2.52. The zero-order valence-electron chi connectivity index (χ0n) is 8.56. The number of carbonyl (C=O) groups excluding carboxylic acids is 1. The number of likely N-dealkylation sites (N-methyl/N-ethyl adjacent to an activating group) is 1. The zero-order valence-corrected chi connectivity index (χ0v) is 9.37. The normalized spacial score (nSPS) is 12.5. The van der Waals surface area contributed by atoms with Crippen molar-refractivity contribution in [3.05, 3.63) is 11.1 Å². The molecule has 1 atom stereocenters. The van der Waals surface area contributed by atoms with Crippen LogP contribution in [0, 0.1) is 0 Å². The predicted molar refractivity (Wildman–Crippen MR) is 57.2 cm³/mol. The summed E-state index contributed by atoms with van der Waals surface area (Å²) in [6, 6.07) is 0.255. The van der Waals surface area contributed by atoms with Gasteiger partial charge < -0.3 is 9.64 Å². The van der Waals surface area contributed by atoms with E-state index in [0.29, 0.717) is 11.5 Å². The van der Waals surface area contributed by atoms with Crippen LogP contribution < -0.4 is 4.90 Å². The largest absolute Gasteiger partial charge is 0.383 e. The molecule has 1 unspecified atom stereocenters. The summed E-state index contributed by atoms with van der Waals surface area (Å²) in [5.74, 6) is 0. The van der Waals surface area contributed by atoms with E-state index in [0.717, 1.165) is 11.4 Å². The van der Waals surface area contributed by atoms with Gasteiger partial charge in [0.2, 0.25) is 0 Å². The maximum atomic E-state index is 10.5. The van der Waals surface area contributed by atoms with Crippen LogP contribution in [0.2, 0.25) is 0 Å². The fourth-order valence-corrected chi connectivity index (χ4v) is 1.83. The van der Waals surface area contributed by atoms with Gasteiger partial charge in [0, 0.05) is 14.2 Å². The molecule has 0 bridgehead atoms. The summed E-state index contributed by atoms with van der Waals surface area (Å²) >= 11 is 1.39. The van der Waals surface area contributed by atoms with Gasteiger partial charge in [-0.1, -0.05) is 11.3 Å². The standard InChI is InChI=1S/C9H14N2O2S/c1-7(6-13-3)11(2)9-10-4-8(5-12)14-9/h4-5,7H,6H2,1-3H3. The summed E-state index contributed by atoms with van der Waals surface area (Å²) in [5, 5.41) is 0.844. The van der Waals surface area contributed by atoms with E-state index in [-0.39, 0.29) is 6.04 Å². The molecule has 0 aliphatic heterocycles. The number of rotatable bonds is 5. The van der Waals surface area contributed by atoms with Gasteiger partial charge in [0.25, 0.3) is 0 Å². The molecule has 5 heteroatoms. The van der Waals surface area contributed by atoms with Gasteiger partial charge >= 0.3 is 0 Å². The first-order valence-corrected chi connectivity index (χ1v) is 5.13. The first kappa shape index (κ1) is 11.1. The number of hydrogen-bond donors (Lipinski definition) is 0. The van der Waals surface area contributed by atoms with Gasteiger partial charge in [-0.2, -0.15) is 0 Å². The Morgan fingerprint density at radius 3 is 3.00 bits per heavy atom. The molecule has 0 saturated heterocycles. The fourth-order valence-electron chi connectivity index (χ4n) is 1.04. The van der Waals surface area contributed by atoms with E-state index >= 15 is 0 Å². The third-order valence-corrected chi connectivity index (χ3v) is 3.01. The van der Waals surface area contributed by atoms with Gasteiger partial charge in [0.1, 0.15) is 0 Å². The van der Waals surface area contributed by atoms with Crippen molar-refractivity contribution in [1.29, 1.82) is 0 Å². The second-order valence-electron chi connectivity index (χ2n) is 3.08. The summed E-state index contributed by atoms with van der Waals surface area (Å²) in [7, 11) is 3.61. The smallest absolute Gasteiger partial charge is 0.185 e. The van der Waals surface area contributed by atoms with E-state index in [1.54, 1.807) is 13.3 Å². The number of aromatic nitrogens is 1. The number of methoxy groups -OCH3 is 1. The summed E-state index contributed by atoms with van der Waals surface area (Å²) < 4.78 is 5.05. The van der Waals surface area contributed by atoms with Crippen molar-refractivity contribution < 1.29 is 9.53 Å². The van der Waals surface area contributed by atoms with Gasteiger partial charge in [0.15, 0.2) is 11.4 Å². The molecule has 14 heavy (non-hydrogen) atoms. The Labute approximate surface area is 87.5 Å². The molecule has 0 radical (unpaired) electrons. The Hall–Kier alpha value is -0.940. The van der Waals surface area contributed by atoms with Crippen LogP contribution in [0.25, 0.3) is 0 Å². The summed E-state index contributed by atoms with van der Waals surface area (Å²) in [4.78, 5) is 17.3. The first-order valence-electron chi connectivity index (χ1n) is 4.31. The van der Waals surface area contributed by atoms with Crippen LogP contribution in [-0.4, -0.2) is 38.1 Å². The lowest BCUT2D eigenvalue weighted by atomic mass is 10.3. The molecule has 0 spiro atoms. The zero-order chi connectivity index (χ0) is 10.6. The van der Waals surface area contributed by atoms with E-state index < -0.39 is 0 Å². The van der Waals surface area contributed by atoms with Gasteiger partial charge in [-0.05, 0) is 6.92 Å². The van der Waals surface area contributed by atoms with Gasteiger partial charge in [-0.15, -0.1) is 0 Å². The van der Waals surface area contributed by atoms with Crippen molar-refractivity contribution >= 4 is 22.8 Å². The van der Waals surface area contributed by atoms with Gasteiger partial charge in [0.05, 0.1) is 23.7 Å². The lowest BCUT2D eigenvalue weighted by Gasteiger charge is -2.23. The van der Waals surface area contributed by atoms with E-state index in [1.807, 2.05) is 18.9 Å². The molecular formula is C9H14N2O2S. The minimum Gasteiger partial charge on any atom is -0.383 e.